The van der Waals surface area contributed by atoms with Gasteiger partial charge in [0.15, 0.2) is 0 Å². The summed E-state index contributed by atoms with van der Waals surface area (Å²) in [5.74, 6) is 0.855. The van der Waals surface area contributed by atoms with Crippen molar-refractivity contribution in [2.75, 3.05) is 0 Å². The summed E-state index contributed by atoms with van der Waals surface area (Å²) in [6, 6.07) is 6.68. The molecule has 0 amide bonds. The van der Waals surface area contributed by atoms with Gasteiger partial charge in [-0.3, -0.25) is 0 Å². The maximum atomic E-state index is 5.85. The molecule has 0 spiro atoms. The zero-order valence-electron chi connectivity index (χ0n) is 12.9. The van der Waals surface area contributed by atoms with Gasteiger partial charge in [0, 0.05) is 17.5 Å². The average molecular weight is 369 g/mol. The van der Waals surface area contributed by atoms with E-state index in [1.807, 2.05) is 13.0 Å². The molecule has 0 saturated carbocycles. The number of nitrogens with one attached hydrogen (secondary N) is 1. The Labute approximate surface area is 138 Å². The summed E-state index contributed by atoms with van der Waals surface area (Å²) in [6.07, 6.45) is 0. The number of benzene rings is 1. The second-order valence-corrected chi connectivity index (χ2v) is 7.48. The van der Waals surface area contributed by atoms with Gasteiger partial charge >= 0.3 is 0 Å². The minimum absolute atomic E-state index is 0.482. The number of ether oxygens (including phenoxy) is 1. The van der Waals surface area contributed by atoms with Crippen molar-refractivity contribution >= 4 is 27.3 Å². The maximum Gasteiger partial charge on any atom is 0.140 e. The van der Waals surface area contributed by atoms with E-state index in [4.69, 9.17) is 4.74 Å². The van der Waals surface area contributed by atoms with E-state index < -0.39 is 0 Å². The van der Waals surface area contributed by atoms with Gasteiger partial charge in [-0.25, -0.2) is 4.98 Å². The fraction of sp³-hybridized carbons (Fsp3) is 0.438. The Morgan fingerprint density at radius 2 is 2.10 bits per heavy atom. The predicted octanol–water partition coefficient (Wildman–Crippen LogP) is 4.60. The Balaban J connectivity index is 1.97. The van der Waals surface area contributed by atoms with Crippen molar-refractivity contribution in [1.29, 1.82) is 0 Å². The smallest absolute Gasteiger partial charge is 0.140 e. The molecule has 21 heavy (non-hydrogen) atoms. The first-order valence-electron chi connectivity index (χ1n) is 7.03. The third-order valence-electron chi connectivity index (χ3n) is 3.13. The lowest BCUT2D eigenvalue weighted by molar-refractivity contribution is 0.303. The Morgan fingerprint density at radius 1 is 1.33 bits per heavy atom. The van der Waals surface area contributed by atoms with Gasteiger partial charge in [-0.2, -0.15) is 0 Å². The van der Waals surface area contributed by atoms with Gasteiger partial charge in [0.05, 0.1) is 10.2 Å². The fourth-order valence-electron chi connectivity index (χ4n) is 1.83. The molecule has 0 saturated heterocycles. The molecule has 0 aliphatic carbocycles. The second kappa shape index (κ2) is 7.38. The number of thiazole rings is 1. The molecule has 1 aromatic heterocycles. The summed E-state index contributed by atoms with van der Waals surface area (Å²) in [5.41, 5.74) is 2.33. The van der Waals surface area contributed by atoms with E-state index >= 15 is 0 Å². The molecule has 0 bridgehead atoms. The number of hydrogen-bond donors (Lipinski definition) is 1. The first kappa shape index (κ1) is 16.5. The zero-order chi connectivity index (χ0) is 15.4. The van der Waals surface area contributed by atoms with Gasteiger partial charge in [-0.05, 0) is 47.5 Å². The van der Waals surface area contributed by atoms with Crippen LogP contribution < -0.4 is 10.1 Å². The number of hydrogen-bond acceptors (Lipinski definition) is 4. The third-order valence-corrected chi connectivity index (χ3v) is 4.80. The van der Waals surface area contributed by atoms with Crippen molar-refractivity contribution in [2.24, 2.45) is 0 Å². The van der Waals surface area contributed by atoms with Crippen LogP contribution in [0.1, 0.15) is 35.0 Å². The molecular weight excluding hydrogens is 348 g/mol. The zero-order valence-corrected chi connectivity index (χ0v) is 15.3. The monoisotopic (exact) mass is 368 g/mol. The molecule has 0 atom stereocenters. The minimum Gasteiger partial charge on any atom is -0.485 e. The third kappa shape index (κ3) is 4.80. The van der Waals surface area contributed by atoms with Gasteiger partial charge in [0.2, 0.25) is 0 Å². The summed E-state index contributed by atoms with van der Waals surface area (Å²) < 4.78 is 6.83. The van der Waals surface area contributed by atoms with Crippen LogP contribution in [0.5, 0.6) is 5.75 Å². The molecule has 114 valence electrons. The van der Waals surface area contributed by atoms with Crippen LogP contribution in [0.3, 0.4) is 0 Å². The van der Waals surface area contributed by atoms with E-state index in [1.54, 1.807) is 11.3 Å². The van der Waals surface area contributed by atoms with Crippen molar-refractivity contribution in [3.63, 3.8) is 0 Å². The summed E-state index contributed by atoms with van der Waals surface area (Å²) in [4.78, 5) is 5.74. The van der Waals surface area contributed by atoms with Crippen LogP contribution >= 0.6 is 27.3 Å². The van der Waals surface area contributed by atoms with Crippen LogP contribution in [0, 0.1) is 13.8 Å². The van der Waals surface area contributed by atoms with Gasteiger partial charge < -0.3 is 10.1 Å². The van der Waals surface area contributed by atoms with Crippen LogP contribution in [0.25, 0.3) is 0 Å². The van der Waals surface area contributed by atoms with Crippen LogP contribution in [-0.4, -0.2) is 11.0 Å². The molecule has 2 aromatic rings. The molecule has 0 aliphatic rings. The SMILES string of the molecule is Cc1nc(COc2ccc(CNC(C)C)cc2Br)sc1C. The highest BCUT2D eigenvalue weighted by Gasteiger charge is 2.07. The van der Waals surface area contributed by atoms with E-state index in [9.17, 15) is 0 Å². The molecule has 0 fully saturated rings. The average Bonchev–Trinajstić information content (AvgIpc) is 2.74. The minimum atomic E-state index is 0.482. The van der Waals surface area contributed by atoms with Gasteiger partial charge in [-0.15, -0.1) is 11.3 Å². The topological polar surface area (TPSA) is 34.1 Å². The number of rotatable bonds is 6. The van der Waals surface area contributed by atoms with E-state index in [2.05, 4.69) is 59.1 Å². The largest absolute Gasteiger partial charge is 0.485 e. The highest BCUT2D eigenvalue weighted by atomic mass is 79.9. The van der Waals surface area contributed by atoms with Gasteiger partial charge in [0.1, 0.15) is 17.4 Å². The second-order valence-electron chi connectivity index (χ2n) is 5.34. The molecule has 1 N–H and O–H groups in total. The maximum absolute atomic E-state index is 5.85. The van der Waals surface area contributed by atoms with Crippen LogP contribution in [0.4, 0.5) is 0 Å². The van der Waals surface area contributed by atoms with E-state index in [-0.39, 0.29) is 0 Å². The molecule has 0 aliphatic heterocycles. The summed E-state index contributed by atoms with van der Waals surface area (Å²) in [5, 5.41) is 4.42. The van der Waals surface area contributed by atoms with Crippen LogP contribution in [-0.2, 0) is 13.2 Å². The van der Waals surface area contributed by atoms with Gasteiger partial charge in [0.25, 0.3) is 0 Å². The van der Waals surface area contributed by atoms with E-state index in [0.29, 0.717) is 12.6 Å². The van der Waals surface area contributed by atoms with Crippen molar-refractivity contribution in [3.8, 4) is 5.75 Å². The Kier molecular flexibility index (Phi) is 5.79. The van der Waals surface area contributed by atoms with Crippen LogP contribution in [0.15, 0.2) is 22.7 Å². The highest BCUT2D eigenvalue weighted by Crippen LogP contribution is 2.27. The summed E-state index contributed by atoms with van der Waals surface area (Å²) in [7, 11) is 0. The number of nitrogens with zero attached hydrogens (tertiary/aromatic N) is 1. The van der Waals surface area contributed by atoms with Crippen molar-refractivity contribution in [2.45, 2.75) is 46.9 Å². The Hall–Kier alpha value is -0.910. The fourth-order valence-corrected chi connectivity index (χ4v) is 3.22. The summed E-state index contributed by atoms with van der Waals surface area (Å²) in [6.45, 7) is 9.78. The first-order chi connectivity index (χ1) is 9.95. The predicted molar refractivity (Wildman–Crippen MR) is 92.0 cm³/mol. The number of aromatic nitrogens is 1. The van der Waals surface area contributed by atoms with Crippen molar-refractivity contribution < 1.29 is 4.74 Å². The van der Waals surface area contributed by atoms with Gasteiger partial charge in [-0.1, -0.05) is 19.9 Å². The molecule has 2 rings (SSSR count). The lowest BCUT2D eigenvalue weighted by Gasteiger charge is -2.11. The lowest BCUT2D eigenvalue weighted by atomic mass is 10.2. The molecule has 1 aromatic carbocycles. The standard InChI is InChI=1S/C16H21BrN2OS/c1-10(2)18-8-13-5-6-15(14(17)7-13)20-9-16-19-11(3)12(4)21-16/h5-7,10,18H,8-9H2,1-4H3. The Morgan fingerprint density at radius 3 is 2.67 bits per heavy atom. The van der Waals surface area contributed by atoms with Crippen molar-refractivity contribution in [3.05, 3.63) is 43.8 Å². The van der Waals surface area contributed by atoms with E-state index in [1.165, 1.54) is 10.4 Å². The quantitative estimate of drug-likeness (QED) is 0.808. The lowest BCUT2D eigenvalue weighted by Crippen LogP contribution is -2.21. The molecule has 0 radical (unpaired) electrons. The normalized spacial score (nSPS) is 11.1. The molecule has 1 heterocycles. The van der Waals surface area contributed by atoms with Crippen molar-refractivity contribution in [1.82, 2.24) is 10.3 Å². The molecule has 5 heteroatoms. The first-order valence-corrected chi connectivity index (χ1v) is 8.64. The molecule has 0 unspecified atom stereocenters. The number of halogens is 1. The molecular formula is C16H21BrN2OS. The summed E-state index contributed by atoms with van der Waals surface area (Å²) >= 11 is 5.27. The number of aryl methyl sites for hydroxylation is 2. The van der Waals surface area contributed by atoms with Crippen LogP contribution in [0.2, 0.25) is 0 Å². The molecule has 3 nitrogen and oxygen atoms in total. The Bertz CT molecular complexity index is 591. The van der Waals surface area contributed by atoms with E-state index in [0.717, 1.165) is 27.5 Å². The highest BCUT2D eigenvalue weighted by molar-refractivity contribution is 9.10.